The highest BCUT2D eigenvalue weighted by atomic mass is 35.5. The molecule has 24 heavy (non-hydrogen) atoms. The molecule has 0 atom stereocenters. The lowest BCUT2D eigenvalue weighted by molar-refractivity contribution is -0.147. The minimum atomic E-state index is -0.547. The highest BCUT2D eigenvalue weighted by molar-refractivity contribution is 7.16. The minimum absolute atomic E-state index is 0.0779. The Morgan fingerprint density at radius 3 is 2.83 bits per heavy atom. The second-order valence-corrected chi connectivity index (χ2v) is 6.63. The van der Waals surface area contributed by atoms with Crippen LogP contribution >= 0.6 is 22.9 Å². The number of nitrogens with zero attached hydrogens (tertiary/aromatic N) is 2. The molecule has 0 aliphatic heterocycles. The van der Waals surface area contributed by atoms with Gasteiger partial charge >= 0.3 is 5.97 Å². The number of carbonyl (C=O) groups is 1. The van der Waals surface area contributed by atoms with Gasteiger partial charge in [-0.15, -0.1) is 11.3 Å². The van der Waals surface area contributed by atoms with Crippen LogP contribution in [0.1, 0.15) is 10.6 Å². The van der Waals surface area contributed by atoms with Gasteiger partial charge in [0.15, 0.2) is 11.6 Å². The summed E-state index contributed by atoms with van der Waals surface area (Å²) in [6.45, 7) is 1.58. The third kappa shape index (κ3) is 3.93. The van der Waals surface area contributed by atoms with E-state index in [0.29, 0.717) is 21.4 Å². The maximum absolute atomic E-state index is 11.9. The predicted molar refractivity (Wildman–Crippen MR) is 90.8 cm³/mol. The number of aromatic nitrogens is 2. The first-order chi connectivity index (χ1) is 11.5. The number of benzene rings is 1. The molecular weight excluding hydrogens is 352 g/mol. The molecule has 0 aliphatic carbocycles. The summed E-state index contributed by atoms with van der Waals surface area (Å²) in [7, 11) is 0. The molecule has 3 rings (SSSR count). The summed E-state index contributed by atoms with van der Waals surface area (Å²) in [4.78, 5) is 29.5. The molecule has 0 saturated heterocycles. The summed E-state index contributed by atoms with van der Waals surface area (Å²) in [6.07, 6.45) is 1.73. The monoisotopic (exact) mass is 364 g/mol. The Bertz CT molecular complexity index is 933. The minimum Gasteiger partial charge on any atom is -0.482 e. The number of hydrogen-bond donors (Lipinski definition) is 0. The summed E-state index contributed by atoms with van der Waals surface area (Å²) >= 11 is 7.17. The second kappa shape index (κ2) is 7.02. The molecule has 124 valence electrons. The molecule has 0 bridgehead atoms. The molecule has 0 aliphatic rings. The van der Waals surface area contributed by atoms with Gasteiger partial charge in [0.25, 0.3) is 5.56 Å². The molecule has 0 saturated carbocycles. The van der Waals surface area contributed by atoms with Gasteiger partial charge in [-0.25, -0.2) is 9.78 Å². The maximum atomic E-state index is 11.9. The van der Waals surface area contributed by atoms with Gasteiger partial charge in [0.05, 0.1) is 5.69 Å². The summed E-state index contributed by atoms with van der Waals surface area (Å²) in [5, 5.41) is 0.585. The molecule has 3 aromatic rings. The van der Waals surface area contributed by atoms with Crippen molar-refractivity contribution >= 4 is 33.9 Å². The number of esters is 1. The number of ether oxygens (including phenoxy) is 2. The molecule has 0 fully saturated rings. The number of aryl methyl sites for hydroxylation is 1. The first-order valence-electron chi connectivity index (χ1n) is 7.04. The standard InChI is InChI=1S/C16H13ClN2O4S/c1-10-7-19-14(20)6-12(18-16(19)24-10)8-23-15(21)9-22-13-4-2-11(17)3-5-13/h2-7H,8-9H2,1H3. The lowest BCUT2D eigenvalue weighted by Gasteiger charge is -2.07. The molecule has 2 heterocycles. The van der Waals surface area contributed by atoms with Crippen LogP contribution in [-0.2, 0) is 16.1 Å². The Kier molecular flexibility index (Phi) is 4.82. The van der Waals surface area contributed by atoms with Gasteiger partial charge in [0.1, 0.15) is 12.4 Å². The molecular formula is C16H13ClN2O4S. The van der Waals surface area contributed by atoms with Gasteiger partial charge in [-0.1, -0.05) is 11.6 Å². The largest absolute Gasteiger partial charge is 0.482 e. The fourth-order valence-electron chi connectivity index (χ4n) is 2.00. The first-order valence-corrected chi connectivity index (χ1v) is 8.23. The lowest BCUT2D eigenvalue weighted by atomic mass is 10.3. The highest BCUT2D eigenvalue weighted by Gasteiger charge is 2.09. The van der Waals surface area contributed by atoms with E-state index < -0.39 is 5.97 Å². The van der Waals surface area contributed by atoms with Crippen LogP contribution in [-0.4, -0.2) is 22.0 Å². The van der Waals surface area contributed by atoms with Gasteiger partial charge in [-0.05, 0) is 31.2 Å². The number of halogens is 1. The third-order valence-corrected chi connectivity index (χ3v) is 4.24. The number of thiazole rings is 1. The van der Waals surface area contributed by atoms with Crippen LogP contribution in [0.5, 0.6) is 5.75 Å². The first kappa shape index (κ1) is 16.5. The van der Waals surface area contributed by atoms with E-state index in [1.165, 1.54) is 21.8 Å². The van der Waals surface area contributed by atoms with Crippen LogP contribution in [0.4, 0.5) is 0 Å². The Morgan fingerprint density at radius 1 is 1.33 bits per heavy atom. The lowest BCUT2D eigenvalue weighted by Crippen LogP contribution is -2.17. The van der Waals surface area contributed by atoms with Crippen molar-refractivity contribution < 1.29 is 14.3 Å². The van der Waals surface area contributed by atoms with E-state index >= 15 is 0 Å². The van der Waals surface area contributed by atoms with Crippen molar-refractivity contribution in [2.75, 3.05) is 6.61 Å². The van der Waals surface area contributed by atoms with E-state index in [2.05, 4.69) is 4.98 Å². The Hall–Kier alpha value is -2.38. The number of fused-ring (bicyclic) bond motifs is 1. The molecule has 2 aromatic heterocycles. The zero-order chi connectivity index (χ0) is 17.1. The Balaban J connectivity index is 1.58. The van der Waals surface area contributed by atoms with Gasteiger partial charge in [0.2, 0.25) is 0 Å². The van der Waals surface area contributed by atoms with Crippen LogP contribution in [0, 0.1) is 6.92 Å². The van der Waals surface area contributed by atoms with Crippen molar-refractivity contribution in [1.29, 1.82) is 0 Å². The quantitative estimate of drug-likeness (QED) is 0.651. The van der Waals surface area contributed by atoms with Crippen molar-refractivity contribution in [2.45, 2.75) is 13.5 Å². The van der Waals surface area contributed by atoms with Crippen molar-refractivity contribution in [1.82, 2.24) is 9.38 Å². The zero-order valence-corrected chi connectivity index (χ0v) is 14.3. The predicted octanol–water partition coefficient (Wildman–Crippen LogP) is 2.84. The van der Waals surface area contributed by atoms with Crippen LogP contribution in [0.25, 0.3) is 4.96 Å². The van der Waals surface area contributed by atoms with Gasteiger partial charge in [-0.3, -0.25) is 9.20 Å². The van der Waals surface area contributed by atoms with E-state index in [4.69, 9.17) is 21.1 Å². The summed E-state index contributed by atoms with van der Waals surface area (Å²) < 4.78 is 11.8. The van der Waals surface area contributed by atoms with Crippen molar-refractivity contribution in [3.8, 4) is 5.75 Å². The molecule has 0 N–H and O–H groups in total. The highest BCUT2D eigenvalue weighted by Crippen LogP contribution is 2.16. The summed E-state index contributed by atoms with van der Waals surface area (Å²) in [6, 6.07) is 8.00. The Labute approximate surface area is 146 Å². The molecule has 0 spiro atoms. The zero-order valence-electron chi connectivity index (χ0n) is 12.7. The molecule has 0 radical (unpaired) electrons. The molecule has 0 amide bonds. The third-order valence-electron chi connectivity index (χ3n) is 3.09. The van der Waals surface area contributed by atoms with Crippen molar-refractivity contribution in [2.24, 2.45) is 0 Å². The average molecular weight is 365 g/mol. The molecule has 8 heteroatoms. The maximum Gasteiger partial charge on any atom is 0.344 e. The van der Waals surface area contributed by atoms with Crippen LogP contribution in [0.3, 0.4) is 0 Å². The van der Waals surface area contributed by atoms with Crippen LogP contribution < -0.4 is 10.3 Å². The van der Waals surface area contributed by atoms with E-state index in [0.717, 1.165) is 4.88 Å². The molecule has 0 unspecified atom stereocenters. The topological polar surface area (TPSA) is 69.9 Å². The molecule has 6 nitrogen and oxygen atoms in total. The van der Waals surface area contributed by atoms with E-state index in [1.54, 1.807) is 30.5 Å². The van der Waals surface area contributed by atoms with Crippen LogP contribution in [0.15, 0.2) is 41.3 Å². The van der Waals surface area contributed by atoms with E-state index in [-0.39, 0.29) is 18.8 Å². The SMILES string of the molecule is Cc1cn2c(=O)cc(COC(=O)COc3ccc(Cl)cc3)nc2s1. The average Bonchev–Trinajstić information content (AvgIpc) is 2.93. The Morgan fingerprint density at radius 2 is 2.08 bits per heavy atom. The van der Waals surface area contributed by atoms with Gasteiger partial charge < -0.3 is 9.47 Å². The normalized spacial score (nSPS) is 10.8. The van der Waals surface area contributed by atoms with Gasteiger partial charge in [0, 0.05) is 22.2 Å². The fraction of sp³-hybridized carbons (Fsp3) is 0.188. The van der Waals surface area contributed by atoms with E-state index in [1.807, 2.05) is 6.92 Å². The molecule has 1 aromatic carbocycles. The summed E-state index contributed by atoms with van der Waals surface area (Å²) in [5.41, 5.74) is 0.203. The van der Waals surface area contributed by atoms with Crippen molar-refractivity contribution in [3.05, 3.63) is 62.5 Å². The number of carbonyl (C=O) groups excluding carboxylic acids is 1. The second-order valence-electron chi connectivity index (χ2n) is 4.98. The summed E-state index contributed by atoms with van der Waals surface area (Å²) in [5.74, 6) is -0.0301. The smallest absolute Gasteiger partial charge is 0.344 e. The van der Waals surface area contributed by atoms with E-state index in [9.17, 15) is 9.59 Å². The number of hydrogen-bond acceptors (Lipinski definition) is 6. The van der Waals surface area contributed by atoms with Crippen LogP contribution in [0.2, 0.25) is 5.02 Å². The fourth-order valence-corrected chi connectivity index (χ4v) is 2.98. The number of rotatable bonds is 5. The van der Waals surface area contributed by atoms with Gasteiger partial charge in [-0.2, -0.15) is 0 Å². The van der Waals surface area contributed by atoms with Crippen molar-refractivity contribution in [3.63, 3.8) is 0 Å².